The third-order valence-corrected chi connectivity index (χ3v) is 2.99. The molecule has 0 saturated heterocycles. The Labute approximate surface area is 123 Å². The Morgan fingerprint density at radius 2 is 2.00 bits per heavy atom. The first-order chi connectivity index (χ1) is 9.31. The summed E-state index contributed by atoms with van der Waals surface area (Å²) in [6.45, 7) is 13.8. The van der Waals surface area contributed by atoms with Gasteiger partial charge in [-0.15, -0.1) is 0 Å². The molecule has 0 unspecified atom stereocenters. The summed E-state index contributed by atoms with van der Waals surface area (Å²) in [6, 6.07) is 4.29. The number of nitrogens with zero attached hydrogens (tertiary/aromatic N) is 2. The first kappa shape index (κ1) is 16.9. The van der Waals surface area contributed by atoms with Gasteiger partial charge >= 0.3 is 0 Å². The van der Waals surface area contributed by atoms with Gasteiger partial charge in [-0.25, -0.2) is 4.98 Å². The third-order valence-electron chi connectivity index (χ3n) is 2.99. The molecule has 0 fully saturated rings. The van der Waals surface area contributed by atoms with Crippen LogP contribution < -0.4 is 10.2 Å². The molecule has 0 aromatic carbocycles. The van der Waals surface area contributed by atoms with E-state index in [-0.39, 0.29) is 5.54 Å². The molecule has 0 aliphatic heterocycles. The third kappa shape index (κ3) is 6.35. The highest BCUT2D eigenvalue weighted by atomic mass is 16.5. The van der Waals surface area contributed by atoms with Crippen LogP contribution in [-0.4, -0.2) is 37.3 Å². The van der Waals surface area contributed by atoms with Crippen LogP contribution in [0.25, 0.3) is 0 Å². The Kier molecular flexibility index (Phi) is 6.43. The Morgan fingerprint density at radius 3 is 2.60 bits per heavy atom. The van der Waals surface area contributed by atoms with Crippen molar-refractivity contribution in [1.29, 1.82) is 0 Å². The maximum Gasteiger partial charge on any atom is 0.128 e. The Balaban J connectivity index is 2.70. The average molecular weight is 279 g/mol. The number of rotatable bonds is 7. The summed E-state index contributed by atoms with van der Waals surface area (Å²) in [7, 11) is 2.06. The lowest BCUT2D eigenvalue weighted by atomic mass is 10.1. The van der Waals surface area contributed by atoms with Gasteiger partial charge in [0.25, 0.3) is 0 Å². The molecule has 1 aromatic rings. The molecule has 0 radical (unpaired) electrons. The van der Waals surface area contributed by atoms with E-state index in [9.17, 15) is 0 Å². The number of likely N-dealkylation sites (N-methyl/N-ethyl adjacent to an activating group) is 1. The minimum atomic E-state index is 0.123. The normalized spacial score (nSPS) is 11.7. The van der Waals surface area contributed by atoms with Crippen LogP contribution in [0.3, 0.4) is 0 Å². The van der Waals surface area contributed by atoms with Crippen molar-refractivity contribution in [3.8, 4) is 0 Å². The standard InChI is InChI=1S/C16H29N3O/c1-7-20-9-8-19(6)15-11-14(10-13(2)18-15)12-17-16(3,4)5/h10-11,17H,7-9,12H2,1-6H3. The molecule has 0 spiro atoms. The maximum absolute atomic E-state index is 5.40. The first-order valence-corrected chi connectivity index (χ1v) is 7.33. The van der Waals surface area contributed by atoms with Crippen molar-refractivity contribution in [1.82, 2.24) is 10.3 Å². The molecule has 0 aliphatic rings. The van der Waals surface area contributed by atoms with Crippen LogP contribution in [0.5, 0.6) is 0 Å². The van der Waals surface area contributed by atoms with Crippen molar-refractivity contribution < 1.29 is 4.74 Å². The summed E-state index contributed by atoms with van der Waals surface area (Å²) < 4.78 is 5.40. The number of pyridine rings is 1. The lowest BCUT2D eigenvalue weighted by Gasteiger charge is -2.22. The van der Waals surface area contributed by atoms with E-state index in [1.165, 1.54) is 5.56 Å². The molecule has 0 amide bonds. The molecule has 1 N–H and O–H groups in total. The lowest BCUT2D eigenvalue weighted by molar-refractivity contribution is 0.154. The van der Waals surface area contributed by atoms with E-state index < -0.39 is 0 Å². The number of hydrogen-bond donors (Lipinski definition) is 1. The molecular formula is C16H29N3O. The van der Waals surface area contributed by atoms with Crippen LogP contribution >= 0.6 is 0 Å². The summed E-state index contributed by atoms with van der Waals surface area (Å²) in [5, 5.41) is 3.51. The van der Waals surface area contributed by atoms with Crippen LogP contribution in [-0.2, 0) is 11.3 Å². The van der Waals surface area contributed by atoms with E-state index in [2.05, 4.69) is 55.2 Å². The van der Waals surface area contributed by atoms with E-state index >= 15 is 0 Å². The van der Waals surface area contributed by atoms with Gasteiger partial charge in [0.2, 0.25) is 0 Å². The molecule has 1 rings (SSSR count). The number of aromatic nitrogens is 1. The van der Waals surface area contributed by atoms with Crippen molar-refractivity contribution in [2.24, 2.45) is 0 Å². The molecule has 0 bridgehead atoms. The van der Waals surface area contributed by atoms with Gasteiger partial charge in [0, 0.05) is 38.0 Å². The van der Waals surface area contributed by atoms with E-state index in [4.69, 9.17) is 4.74 Å². The summed E-state index contributed by atoms with van der Waals surface area (Å²) >= 11 is 0. The number of aryl methyl sites for hydroxylation is 1. The second kappa shape index (κ2) is 7.60. The van der Waals surface area contributed by atoms with Crippen LogP contribution in [0.15, 0.2) is 12.1 Å². The molecule has 4 heteroatoms. The highest BCUT2D eigenvalue weighted by Gasteiger charge is 2.10. The minimum absolute atomic E-state index is 0.123. The fourth-order valence-corrected chi connectivity index (χ4v) is 1.85. The average Bonchev–Trinajstić information content (AvgIpc) is 2.35. The SMILES string of the molecule is CCOCCN(C)c1cc(CNC(C)(C)C)cc(C)n1. The summed E-state index contributed by atoms with van der Waals surface area (Å²) in [5.74, 6) is 1.01. The van der Waals surface area contributed by atoms with Crippen molar-refractivity contribution in [2.75, 3.05) is 31.7 Å². The van der Waals surface area contributed by atoms with Crippen LogP contribution in [0, 0.1) is 6.92 Å². The fraction of sp³-hybridized carbons (Fsp3) is 0.688. The highest BCUT2D eigenvalue weighted by molar-refractivity contribution is 5.41. The predicted octanol–water partition coefficient (Wildman–Crippen LogP) is 2.75. The summed E-state index contributed by atoms with van der Waals surface area (Å²) in [4.78, 5) is 6.74. The van der Waals surface area contributed by atoms with Crippen molar-refractivity contribution in [2.45, 2.75) is 46.7 Å². The first-order valence-electron chi connectivity index (χ1n) is 7.33. The molecule has 20 heavy (non-hydrogen) atoms. The second-order valence-electron chi connectivity index (χ2n) is 6.20. The van der Waals surface area contributed by atoms with Crippen LogP contribution in [0.4, 0.5) is 5.82 Å². The highest BCUT2D eigenvalue weighted by Crippen LogP contribution is 2.14. The number of hydrogen-bond acceptors (Lipinski definition) is 4. The monoisotopic (exact) mass is 279 g/mol. The van der Waals surface area contributed by atoms with Gasteiger partial charge < -0.3 is 15.0 Å². The lowest BCUT2D eigenvalue weighted by Crippen LogP contribution is -2.35. The molecule has 1 aromatic heterocycles. The van der Waals surface area contributed by atoms with Gasteiger partial charge in [0.05, 0.1) is 6.61 Å². The minimum Gasteiger partial charge on any atom is -0.380 e. The Bertz CT molecular complexity index is 413. The number of anilines is 1. The maximum atomic E-state index is 5.40. The zero-order valence-corrected chi connectivity index (χ0v) is 13.8. The zero-order valence-electron chi connectivity index (χ0n) is 13.8. The molecule has 0 aliphatic carbocycles. The molecule has 114 valence electrons. The van der Waals surface area contributed by atoms with Gasteiger partial charge in [-0.3, -0.25) is 0 Å². The molecule has 0 saturated carbocycles. The molecule has 1 heterocycles. The molecular weight excluding hydrogens is 250 g/mol. The van der Waals surface area contributed by atoms with E-state index in [0.717, 1.165) is 37.8 Å². The van der Waals surface area contributed by atoms with Crippen molar-refractivity contribution in [3.63, 3.8) is 0 Å². The van der Waals surface area contributed by atoms with Gasteiger partial charge in [0.1, 0.15) is 5.82 Å². The van der Waals surface area contributed by atoms with Gasteiger partial charge in [0.15, 0.2) is 0 Å². The Morgan fingerprint density at radius 1 is 1.30 bits per heavy atom. The van der Waals surface area contributed by atoms with Gasteiger partial charge in [-0.05, 0) is 52.3 Å². The van der Waals surface area contributed by atoms with Crippen molar-refractivity contribution >= 4 is 5.82 Å². The quantitative estimate of drug-likeness (QED) is 0.779. The van der Waals surface area contributed by atoms with Crippen LogP contribution in [0.2, 0.25) is 0 Å². The molecule has 0 atom stereocenters. The van der Waals surface area contributed by atoms with E-state index in [1.807, 2.05) is 13.8 Å². The summed E-state index contributed by atoms with van der Waals surface area (Å²) in [5.41, 5.74) is 2.44. The Hall–Kier alpha value is -1.13. The number of ether oxygens (including phenoxy) is 1. The smallest absolute Gasteiger partial charge is 0.128 e. The van der Waals surface area contributed by atoms with E-state index in [0.29, 0.717) is 0 Å². The topological polar surface area (TPSA) is 37.4 Å². The van der Waals surface area contributed by atoms with Gasteiger partial charge in [-0.1, -0.05) is 0 Å². The second-order valence-corrected chi connectivity index (χ2v) is 6.20. The predicted molar refractivity (Wildman–Crippen MR) is 85.3 cm³/mol. The van der Waals surface area contributed by atoms with Crippen LogP contribution in [0.1, 0.15) is 39.0 Å². The zero-order chi connectivity index (χ0) is 15.2. The number of nitrogens with one attached hydrogen (secondary N) is 1. The molecule has 4 nitrogen and oxygen atoms in total. The largest absolute Gasteiger partial charge is 0.380 e. The van der Waals surface area contributed by atoms with E-state index in [1.54, 1.807) is 0 Å². The van der Waals surface area contributed by atoms with Crippen molar-refractivity contribution in [3.05, 3.63) is 23.4 Å². The fourth-order valence-electron chi connectivity index (χ4n) is 1.85. The summed E-state index contributed by atoms with van der Waals surface area (Å²) in [6.07, 6.45) is 0. The van der Waals surface area contributed by atoms with Gasteiger partial charge in [-0.2, -0.15) is 0 Å².